The summed E-state index contributed by atoms with van der Waals surface area (Å²) in [6.07, 6.45) is 3.26. The molecule has 1 atom stereocenters. The van der Waals surface area contributed by atoms with Crippen LogP contribution in [0.15, 0.2) is 35.6 Å². The molecule has 0 unspecified atom stereocenters. The number of nitrogens with zero attached hydrogens (tertiary/aromatic N) is 2. The molecule has 1 aliphatic heterocycles. The van der Waals surface area contributed by atoms with E-state index in [4.69, 9.17) is 23.2 Å². The fourth-order valence-corrected chi connectivity index (χ4v) is 3.67. The highest BCUT2D eigenvalue weighted by molar-refractivity contribution is 6.35. The van der Waals surface area contributed by atoms with Crippen molar-refractivity contribution < 1.29 is 24.6 Å². The summed E-state index contributed by atoms with van der Waals surface area (Å²) in [5.41, 5.74) is 0.789. The number of aliphatic imine (C=N–C) groups is 1. The van der Waals surface area contributed by atoms with Gasteiger partial charge >= 0.3 is 5.97 Å². The van der Waals surface area contributed by atoms with E-state index in [0.717, 1.165) is 13.0 Å². The third-order valence-electron chi connectivity index (χ3n) is 4.72. The standard InChI is InChI=1S/C21H22Cl2N6O5/c22-12-5-14(19(33)15(23)6-12)16(7-18(31)32)29-17(30)10-27-20(34)11-4-13(9-24-8-11)28-21-25-2-1-3-26-21/h4-6,8-9,16,33H,1-3,7,10H2,(H,27,34)(H,29,30)(H,31,32)(H2,25,26,28)/t16-/m0/s1. The van der Waals surface area contributed by atoms with E-state index in [0.29, 0.717) is 18.2 Å². The molecule has 3 rings (SSSR count). The average molecular weight is 509 g/mol. The number of aromatic hydroxyl groups is 1. The molecule has 0 aliphatic carbocycles. The van der Waals surface area contributed by atoms with Gasteiger partial charge in [-0.2, -0.15) is 0 Å². The van der Waals surface area contributed by atoms with Crippen molar-refractivity contribution in [1.82, 2.24) is 20.9 Å². The van der Waals surface area contributed by atoms with Gasteiger partial charge < -0.3 is 31.5 Å². The molecule has 1 aromatic heterocycles. The smallest absolute Gasteiger partial charge is 0.305 e. The van der Waals surface area contributed by atoms with Crippen molar-refractivity contribution in [3.63, 3.8) is 0 Å². The van der Waals surface area contributed by atoms with Crippen LogP contribution in [0.4, 0.5) is 5.69 Å². The molecule has 0 spiro atoms. The first kappa shape index (κ1) is 25.1. The zero-order chi connectivity index (χ0) is 24.7. The molecule has 34 heavy (non-hydrogen) atoms. The number of carboxylic acid groups (broad SMARTS) is 1. The summed E-state index contributed by atoms with van der Waals surface area (Å²) in [7, 11) is 0. The Labute approximate surface area is 204 Å². The summed E-state index contributed by atoms with van der Waals surface area (Å²) in [6.45, 7) is 1.03. The van der Waals surface area contributed by atoms with Crippen molar-refractivity contribution in [1.29, 1.82) is 0 Å². The van der Waals surface area contributed by atoms with Gasteiger partial charge in [0.1, 0.15) is 5.75 Å². The number of anilines is 1. The Morgan fingerprint density at radius 3 is 2.68 bits per heavy atom. The number of phenolic OH excluding ortho intramolecular Hbond substituents is 1. The molecule has 0 saturated heterocycles. The van der Waals surface area contributed by atoms with Gasteiger partial charge in [0.2, 0.25) is 5.91 Å². The monoisotopic (exact) mass is 508 g/mol. The number of hydrogen-bond acceptors (Lipinski definition) is 8. The van der Waals surface area contributed by atoms with Crippen LogP contribution in [0.1, 0.15) is 34.8 Å². The third kappa shape index (κ3) is 6.96. The third-order valence-corrected chi connectivity index (χ3v) is 5.22. The molecular weight excluding hydrogens is 487 g/mol. The number of halogens is 2. The number of carbonyl (C=O) groups excluding carboxylic acids is 2. The fourth-order valence-electron chi connectivity index (χ4n) is 3.16. The SMILES string of the molecule is O=C(O)C[C@H](NC(=O)CNC(=O)c1cncc(NC2=NCCCN2)c1)c1cc(Cl)cc(Cl)c1O. The maximum absolute atomic E-state index is 12.5. The number of pyridine rings is 1. The number of phenols is 1. The minimum atomic E-state index is -1.22. The van der Waals surface area contributed by atoms with Crippen molar-refractivity contribution in [2.24, 2.45) is 4.99 Å². The first-order valence-corrected chi connectivity index (χ1v) is 11.0. The molecule has 1 aromatic carbocycles. The van der Waals surface area contributed by atoms with Crippen LogP contribution in [0.25, 0.3) is 0 Å². The highest BCUT2D eigenvalue weighted by atomic mass is 35.5. The van der Waals surface area contributed by atoms with Crippen LogP contribution in [-0.2, 0) is 9.59 Å². The van der Waals surface area contributed by atoms with E-state index < -0.39 is 42.5 Å². The van der Waals surface area contributed by atoms with Gasteiger partial charge in [-0.25, -0.2) is 0 Å². The topological polar surface area (TPSA) is 165 Å². The van der Waals surface area contributed by atoms with Gasteiger partial charge in [-0.05, 0) is 24.6 Å². The van der Waals surface area contributed by atoms with Gasteiger partial charge in [0.05, 0.1) is 41.5 Å². The lowest BCUT2D eigenvalue weighted by Crippen LogP contribution is -2.39. The summed E-state index contributed by atoms with van der Waals surface area (Å²) in [6, 6.07) is 3.02. The lowest BCUT2D eigenvalue weighted by molar-refractivity contribution is -0.137. The molecule has 2 aromatic rings. The van der Waals surface area contributed by atoms with Gasteiger partial charge in [-0.3, -0.25) is 24.4 Å². The normalized spacial score (nSPS) is 13.8. The second-order valence-corrected chi connectivity index (χ2v) is 8.17. The Bertz CT molecular complexity index is 1130. The average Bonchev–Trinajstić information content (AvgIpc) is 2.80. The number of hydrogen-bond donors (Lipinski definition) is 6. The van der Waals surface area contributed by atoms with Crippen LogP contribution in [0.5, 0.6) is 5.75 Å². The van der Waals surface area contributed by atoms with E-state index in [1.165, 1.54) is 24.5 Å². The van der Waals surface area contributed by atoms with Gasteiger partial charge in [0, 0.05) is 29.9 Å². The Morgan fingerprint density at radius 2 is 1.97 bits per heavy atom. The number of amides is 2. The number of guanidine groups is 1. The second kappa shape index (κ2) is 11.5. The number of carbonyl (C=O) groups is 3. The van der Waals surface area contributed by atoms with Crippen LogP contribution in [-0.4, -0.2) is 58.6 Å². The molecule has 6 N–H and O–H groups in total. The zero-order valence-corrected chi connectivity index (χ0v) is 19.3. The Morgan fingerprint density at radius 1 is 1.18 bits per heavy atom. The molecule has 0 bridgehead atoms. The van der Waals surface area contributed by atoms with Crippen LogP contribution in [0.3, 0.4) is 0 Å². The number of aromatic nitrogens is 1. The quantitative estimate of drug-likeness (QED) is 0.314. The Balaban J connectivity index is 1.62. The second-order valence-electron chi connectivity index (χ2n) is 7.32. The lowest BCUT2D eigenvalue weighted by Gasteiger charge is -2.19. The fraction of sp³-hybridized carbons (Fsp3) is 0.286. The summed E-state index contributed by atoms with van der Waals surface area (Å²) in [4.78, 5) is 44.5. The van der Waals surface area contributed by atoms with Crippen LogP contribution in [0.2, 0.25) is 10.0 Å². The van der Waals surface area contributed by atoms with E-state index in [2.05, 4.69) is 31.2 Å². The number of carboxylic acids is 1. The van der Waals surface area contributed by atoms with E-state index >= 15 is 0 Å². The van der Waals surface area contributed by atoms with E-state index in [-0.39, 0.29) is 21.2 Å². The maximum atomic E-state index is 12.5. The zero-order valence-electron chi connectivity index (χ0n) is 17.8. The first-order chi connectivity index (χ1) is 16.2. The number of nitrogens with one attached hydrogen (secondary N) is 4. The van der Waals surface area contributed by atoms with Crippen molar-refractivity contribution in [2.45, 2.75) is 18.9 Å². The van der Waals surface area contributed by atoms with Gasteiger partial charge in [0.15, 0.2) is 5.96 Å². The van der Waals surface area contributed by atoms with Gasteiger partial charge in [0.25, 0.3) is 5.91 Å². The van der Waals surface area contributed by atoms with Crippen molar-refractivity contribution in [3.8, 4) is 5.75 Å². The molecule has 2 heterocycles. The molecule has 1 aliphatic rings. The van der Waals surface area contributed by atoms with E-state index in [9.17, 15) is 24.6 Å². The van der Waals surface area contributed by atoms with Gasteiger partial charge in [-0.1, -0.05) is 23.2 Å². The van der Waals surface area contributed by atoms with Crippen molar-refractivity contribution in [2.75, 3.05) is 25.0 Å². The molecule has 13 heteroatoms. The predicted molar refractivity (Wildman–Crippen MR) is 126 cm³/mol. The molecule has 2 amide bonds. The van der Waals surface area contributed by atoms with Crippen LogP contribution >= 0.6 is 23.2 Å². The number of rotatable bonds is 8. The summed E-state index contributed by atoms with van der Waals surface area (Å²) < 4.78 is 0. The maximum Gasteiger partial charge on any atom is 0.305 e. The molecular formula is C21H22Cl2N6O5. The summed E-state index contributed by atoms with van der Waals surface area (Å²) >= 11 is 11.9. The summed E-state index contributed by atoms with van der Waals surface area (Å²) in [5.74, 6) is -2.28. The van der Waals surface area contributed by atoms with Crippen LogP contribution < -0.4 is 21.3 Å². The Kier molecular flexibility index (Phi) is 8.50. The molecule has 0 saturated carbocycles. The van der Waals surface area contributed by atoms with Crippen molar-refractivity contribution in [3.05, 3.63) is 51.8 Å². The van der Waals surface area contributed by atoms with E-state index in [1.54, 1.807) is 6.07 Å². The van der Waals surface area contributed by atoms with E-state index in [1.807, 2.05) is 0 Å². The molecule has 180 valence electrons. The van der Waals surface area contributed by atoms with Gasteiger partial charge in [-0.15, -0.1) is 0 Å². The van der Waals surface area contributed by atoms with Crippen LogP contribution in [0, 0.1) is 0 Å². The highest BCUT2D eigenvalue weighted by Gasteiger charge is 2.23. The molecule has 0 radical (unpaired) electrons. The summed E-state index contributed by atoms with van der Waals surface area (Å²) in [5, 5.41) is 30.5. The largest absolute Gasteiger partial charge is 0.506 e. The predicted octanol–water partition coefficient (Wildman–Crippen LogP) is 1.92. The molecule has 11 nitrogen and oxygen atoms in total. The Hall–Kier alpha value is -3.57. The first-order valence-electron chi connectivity index (χ1n) is 10.2. The molecule has 0 fully saturated rings. The van der Waals surface area contributed by atoms with Crippen molar-refractivity contribution >= 4 is 52.6 Å². The minimum Gasteiger partial charge on any atom is -0.506 e. The number of benzene rings is 1. The number of aliphatic carboxylic acids is 1. The minimum absolute atomic E-state index is 0.0433. The highest BCUT2D eigenvalue weighted by Crippen LogP contribution is 2.36. The lowest BCUT2D eigenvalue weighted by atomic mass is 10.0.